The van der Waals surface area contributed by atoms with Gasteiger partial charge in [0.2, 0.25) is 11.7 Å². The molecule has 3 aromatic heterocycles. The molecule has 2 fully saturated rings. The number of aliphatic hydroxyl groups excluding tert-OH is 1. The van der Waals surface area contributed by atoms with Crippen LogP contribution in [0.2, 0.25) is 0 Å². The van der Waals surface area contributed by atoms with Gasteiger partial charge in [0.05, 0.1) is 30.1 Å². The molecule has 2 aliphatic heterocycles. The maximum Gasteiger partial charge on any atom is 0.451 e. The summed E-state index contributed by atoms with van der Waals surface area (Å²) in [5, 5.41) is 24.4. The normalized spacial score (nSPS) is 22.2. The Morgan fingerprint density at radius 1 is 1.22 bits per heavy atom. The maximum absolute atomic E-state index is 13.2. The number of likely N-dealkylation sites (tertiary alicyclic amines) is 1. The fraction of sp³-hybridized carbons (Fsp3) is 0.500. The lowest BCUT2D eigenvalue weighted by molar-refractivity contribution is -0.145. The first-order valence-corrected chi connectivity index (χ1v) is 15.2. The molecule has 0 aromatic carbocycles. The van der Waals surface area contributed by atoms with E-state index in [1.807, 2.05) is 23.1 Å². The second-order valence-electron chi connectivity index (χ2n) is 10.5. The highest BCUT2D eigenvalue weighted by molar-refractivity contribution is 14.1. The number of nitrogens with one attached hydrogen (secondary N) is 1. The summed E-state index contributed by atoms with van der Waals surface area (Å²) >= 11 is -0.672. The van der Waals surface area contributed by atoms with E-state index >= 15 is 0 Å². The number of rotatable bonds is 8. The highest BCUT2D eigenvalue weighted by atomic mass is 127. The maximum atomic E-state index is 13.2. The molecule has 216 valence electrons. The van der Waals surface area contributed by atoms with Crippen molar-refractivity contribution in [2.24, 2.45) is 6.35 Å². The van der Waals surface area contributed by atoms with Gasteiger partial charge in [0.15, 0.2) is 0 Å². The van der Waals surface area contributed by atoms with Crippen LogP contribution < -0.4 is 15.4 Å². The second kappa shape index (κ2) is 11.2. The predicted molar refractivity (Wildman–Crippen MR) is 147 cm³/mol. The number of fused-ring (bicyclic) bond motifs is 1. The zero-order chi connectivity index (χ0) is 28.6. The Morgan fingerprint density at radius 3 is 2.76 bits per heavy atom. The summed E-state index contributed by atoms with van der Waals surface area (Å²) in [7, 11) is 0. The predicted octanol–water partition coefficient (Wildman–Crippen LogP) is 2.73. The lowest BCUT2D eigenvalue weighted by Gasteiger charge is -2.53. The number of hydrogen-bond donors (Lipinski definition) is 2. The Bertz CT molecular complexity index is 1610. The van der Waals surface area contributed by atoms with Crippen LogP contribution in [0.1, 0.15) is 49.2 Å². The SMILES string of the molecule is N#CCC1(n2cc(C3=c4cc[nH]c4=NI=N3)cn2)CN(C2CCC(Oc3cc(CCO)nc(C(F)(F)F)n3)CC2)C1. The summed E-state index contributed by atoms with van der Waals surface area (Å²) in [6, 6.07) is 5.95. The Hall–Kier alpha value is -3.23. The van der Waals surface area contributed by atoms with Crippen LogP contribution in [0.3, 0.4) is 0 Å². The van der Waals surface area contributed by atoms with Gasteiger partial charge >= 0.3 is 6.18 Å². The van der Waals surface area contributed by atoms with Crippen molar-refractivity contribution in [2.75, 3.05) is 19.7 Å². The molecule has 0 radical (unpaired) electrons. The van der Waals surface area contributed by atoms with Crippen LogP contribution in [0.25, 0.3) is 5.70 Å². The molecule has 15 heteroatoms. The topological polar surface area (TPSA) is 141 Å². The number of H-pyrrole nitrogens is 1. The number of aliphatic hydroxyl groups is 1. The molecule has 1 saturated heterocycles. The molecular weight excluding hydrogens is 654 g/mol. The van der Waals surface area contributed by atoms with Crippen LogP contribution in [-0.4, -0.2) is 66.6 Å². The average Bonchev–Trinajstić information content (AvgIpc) is 3.61. The Balaban J connectivity index is 1.09. The smallest absolute Gasteiger partial charge is 0.451 e. The molecule has 0 bridgehead atoms. The number of halogens is 4. The molecule has 11 nitrogen and oxygen atoms in total. The van der Waals surface area contributed by atoms with E-state index in [0.29, 0.717) is 32.4 Å². The van der Waals surface area contributed by atoms with Crippen molar-refractivity contribution >= 4 is 27.0 Å². The van der Waals surface area contributed by atoms with Crippen LogP contribution in [0.4, 0.5) is 13.2 Å². The Labute approximate surface area is 243 Å². The number of nitriles is 1. The molecular formula is C26H27F3IN9O2. The molecule has 0 unspecified atom stereocenters. The summed E-state index contributed by atoms with van der Waals surface area (Å²) < 4.78 is 56.7. The summed E-state index contributed by atoms with van der Waals surface area (Å²) in [6.45, 7) is 1.06. The third kappa shape index (κ3) is 5.64. The molecule has 5 heterocycles. The van der Waals surface area contributed by atoms with E-state index in [1.165, 1.54) is 6.07 Å². The van der Waals surface area contributed by atoms with Crippen molar-refractivity contribution in [2.45, 2.75) is 62.4 Å². The zero-order valence-electron chi connectivity index (χ0n) is 21.9. The second-order valence-corrected chi connectivity index (χ2v) is 11.9. The molecule has 1 aliphatic carbocycles. The van der Waals surface area contributed by atoms with Gasteiger partial charge in [-0.3, -0.25) is 9.58 Å². The van der Waals surface area contributed by atoms with Crippen molar-refractivity contribution in [3.05, 3.63) is 58.5 Å². The Morgan fingerprint density at radius 2 is 2.02 bits per heavy atom. The van der Waals surface area contributed by atoms with Crippen molar-refractivity contribution in [1.29, 1.82) is 5.26 Å². The van der Waals surface area contributed by atoms with E-state index in [4.69, 9.17) is 9.84 Å². The molecule has 2 N–H and O–H groups in total. The van der Waals surface area contributed by atoms with Gasteiger partial charge in [-0.1, -0.05) is 0 Å². The highest BCUT2D eigenvalue weighted by Gasteiger charge is 2.48. The third-order valence-electron chi connectivity index (χ3n) is 7.79. The molecule has 41 heavy (non-hydrogen) atoms. The number of nitrogens with zero attached hydrogens (tertiary/aromatic N) is 8. The van der Waals surface area contributed by atoms with Gasteiger partial charge in [0.1, 0.15) is 38.4 Å². The lowest BCUT2D eigenvalue weighted by Crippen LogP contribution is -2.65. The first kappa shape index (κ1) is 27.9. The monoisotopic (exact) mass is 681 g/mol. The molecule has 6 rings (SSSR count). The first-order chi connectivity index (χ1) is 19.8. The minimum absolute atomic E-state index is 0.00962. The van der Waals surface area contributed by atoms with Gasteiger partial charge in [-0.15, -0.1) is 0 Å². The highest BCUT2D eigenvalue weighted by Crippen LogP contribution is 2.38. The lowest BCUT2D eigenvalue weighted by atomic mass is 9.82. The minimum atomic E-state index is -4.70. The van der Waals surface area contributed by atoms with Crippen LogP contribution in [0.5, 0.6) is 5.88 Å². The summed E-state index contributed by atoms with van der Waals surface area (Å²) in [4.78, 5) is 12.6. The standard InChI is InChI=1S/C26H27F3IN9O2/c27-26(28,29)24-34-17(6-10-40)11-21(35-24)41-19-3-1-18(2-4-19)38-14-25(15-38,7-8-31)39-13-16(12-33-39)22-20-5-9-32-23(20)37-30-36-22/h5,9,11-13,18-19,40H,1-4,6-7,10,14-15H2,(H,32,36,37). The molecule has 3 aliphatic rings. The number of ether oxygens (including phenoxy) is 1. The van der Waals surface area contributed by atoms with Gasteiger partial charge in [0.25, 0.3) is 0 Å². The van der Waals surface area contributed by atoms with Crippen molar-refractivity contribution in [1.82, 2.24) is 29.6 Å². The Kier molecular flexibility index (Phi) is 7.64. The molecule has 3 aromatic rings. The van der Waals surface area contributed by atoms with Crippen LogP contribution in [0.15, 0.2) is 37.1 Å². The summed E-state index contributed by atoms with van der Waals surface area (Å²) in [5.74, 6) is -1.38. The number of alkyl halides is 3. The minimum Gasteiger partial charge on any atom is -0.474 e. The van der Waals surface area contributed by atoms with E-state index in [2.05, 4.69) is 37.4 Å². The fourth-order valence-electron chi connectivity index (χ4n) is 5.72. The molecule has 0 atom stereocenters. The first-order valence-electron chi connectivity index (χ1n) is 13.3. The number of hydrogen-bond acceptors (Lipinski definition) is 9. The van der Waals surface area contributed by atoms with Gasteiger partial charge in [-0.2, -0.15) is 31.7 Å². The fourth-order valence-corrected chi connectivity index (χ4v) is 7.20. The molecule has 0 amide bonds. The largest absolute Gasteiger partial charge is 0.474 e. The van der Waals surface area contributed by atoms with Gasteiger partial charge < -0.3 is 14.8 Å². The van der Waals surface area contributed by atoms with Crippen molar-refractivity contribution in [3.8, 4) is 11.9 Å². The average molecular weight is 681 g/mol. The van der Waals surface area contributed by atoms with E-state index in [0.717, 1.165) is 34.8 Å². The number of aromatic nitrogens is 5. The van der Waals surface area contributed by atoms with Crippen molar-refractivity contribution in [3.63, 3.8) is 0 Å². The zero-order valence-corrected chi connectivity index (χ0v) is 24.0. The van der Waals surface area contributed by atoms with E-state index in [1.54, 1.807) is 6.20 Å². The van der Waals surface area contributed by atoms with E-state index in [9.17, 15) is 18.4 Å². The summed E-state index contributed by atoms with van der Waals surface area (Å²) in [5.41, 5.74) is 2.31. The molecule has 1 saturated carbocycles. The summed E-state index contributed by atoms with van der Waals surface area (Å²) in [6.07, 6.45) is 3.98. The molecule has 0 spiro atoms. The van der Waals surface area contributed by atoms with Gasteiger partial charge in [0, 0.05) is 61.4 Å². The van der Waals surface area contributed by atoms with Crippen LogP contribution >= 0.6 is 21.3 Å². The third-order valence-corrected chi connectivity index (χ3v) is 9.19. The quantitative estimate of drug-likeness (QED) is 0.349. The van der Waals surface area contributed by atoms with Gasteiger partial charge in [-0.25, -0.2) is 8.13 Å². The van der Waals surface area contributed by atoms with E-state index < -0.39 is 38.8 Å². The van der Waals surface area contributed by atoms with Crippen LogP contribution in [0, 0.1) is 11.3 Å². The van der Waals surface area contributed by atoms with E-state index in [-0.39, 0.29) is 36.7 Å². The van der Waals surface area contributed by atoms with Crippen LogP contribution in [-0.2, 0) is 18.1 Å². The number of aromatic amines is 1. The van der Waals surface area contributed by atoms with Gasteiger partial charge in [-0.05, 0) is 31.7 Å². The van der Waals surface area contributed by atoms with Crippen molar-refractivity contribution < 1.29 is 23.0 Å².